The zero-order chi connectivity index (χ0) is 18.5. The smallest absolute Gasteiger partial charge is 0.318 e. The topological polar surface area (TPSA) is 112 Å². The van der Waals surface area contributed by atoms with Gasteiger partial charge < -0.3 is 29.6 Å². The number of aliphatic carboxylic acids is 1. The van der Waals surface area contributed by atoms with Gasteiger partial charge in [-0.3, -0.25) is 4.79 Å². The van der Waals surface area contributed by atoms with E-state index in [0.717, 1.165) is 0 Å². The molecule has 1 aliphatic carbocycles. The van der Waals surface area contributed by atoms with E-state index in [4.69, 9.17) is 14.3 Å². The van der Waals surface area contributed by atoms with E-state index in [9.17, 15) is 14.7 Å². The number of furan rings is 1. The molecule has 0 bridgehead atoms. The summed E-state index contributed by atoms with van der Waals surface area (Å²) in [6.45, 7) is 1.30. The van der Waals surface area contributed by atoms with Crippen LogP contribution < -0.4 is 5.32 Å². The lowest BCUT2D eigenvalue weighted by Crippen LogP contribution is -2.55. The molecule has 0 radical (unpaired) electrons. The molecular weight excluding hydrogens is 340 g/mol. The number of urea groups is 1. The summed E-state index contributed by atoms with van der Waals surface area (Å²) in [6.07, 6.45) is 3.58. The predicted octanol–water partition coefficient (Wildman–Crippen LogP) is 1.76. The average Bonchev–Trinajstić information content (AvgIpc) is 3.17. The highest BCUT2D eigenvalue weighted by molar-refractivity contribution is 5.75. The van der Waals surface area contributed by atoms with Gasteiger partial charge in [0.2, 0.25) is 0 Å². The van der Waals surface area contributed by atoms with Crippen molar-refractivity contribution in [2.75, 3.05) is 19.8 Å². The van der Waals surface area contributed by atoms with E-state index in [0.29, 0.717) is 57.6 Å². The van der Waals surface area contributed by atoms with Crippen LogP contribution in [-0.4, -0.2) is 59.0 Å². The Labute approximate surface area is 152 Å². The molecule has 0 aromatic carbocycles. The molecule has 26 heavy (non-hydrogen) atoms. The molecule has 2 amide bonds. The molecular formula is C18H26N2O6. The lowest BCUT2D eigenvalue weighted by molar-refractivity contribution is -0.142. The van der Waals surface area contributed by atoms with Crippen LogP contribution in [0.3, 0.4) is 0 Å². The Hall–Kier alpha value is -2.06. The number of morpholine rings is 1. The molecule has 1 saturated carbocycles. The minimum Gasteiger partial charge on any atom is -0.481 e. The molecule has 8 heteroatoms. The molecule has 2 aliphatic rings. The minimum absolute atomic E-state index is 0.00316. The molecule has 3 rings (SSSR count). The molecule has 1 aromatic rings. The van der Waals surface area contributed by atoms with Gasteiger partial charge in [-0.1, -0.05) is 0 Å². The number of nitrogens with zero attached hydrogens (tertiary/aromatic N) is 1. The summed E-state index contributed by atoms with van der Waals surface area (Å²) in [4.78, 5) is 25.4. The summed E-state index contributed by atoms with van der Waals surface area (Å²) in [7, 11) is 0. The van der Waals surface area contributed by atoms with Crippen LogP contribution in [0.1, 0.15) is 44.0 Å². The Balaban J connectivity index is 1.53. The molecule has 0 spiro atoms. The number of hydrogen-bond donors (Lipinski definition) is 3. The summed E-state index contributed by atoms with van der Waals surface area (Å²) in [6, 6.07) is 3.01. The summed E-state index contributed by atoms with van der Waals surface area (Å²) >= 11 is 0. The number of nitrogens with one attached hydrogen (secondary N) is 1. The maximum atomic E-state index is 12.7. The third kappa shape index (κ3) is 4.56. The van der Waals surface area contributed by atoms with E-state index in [1.165, 1.54) is 6.26 Å². The van der Waals surface area contributed by atoms with Crippen LogP contribution in [0, 0.1) is 5.92 Å². The number of carboxylic acid groups (broad SMARTS) is 1. The largest absolute Gasteiger partial charge is 0.481 e. The maximum absolute atomic E-state index is 12.7. The van der Waals surface area contributed by atoms with Gasteiger partial charge >= 0.3 is 12.0 Å². The van der Waals surface area contributed by atoms with E-state index in [1.807, 2.05) is 0 Å². The van der Waals surface area contributed by atoms with Crippen LogP contribution in [0.4, 0.5) is 4.79 Å². The summed E-state index contributed by atoms with van der Waals surface area (Å²) in [5.74, 6) is -0.583. The molecule has 2 atom stereocenters. The second-order valence-corrected chi connectivity index (χ2v) is 7.03. The minimum atomic E-state index is -0.794. The van der Waals surface area contributed by atoms with Gasteiger partial charge in [0.05, 0.1) is 31.4 Å². The van der Waals surface area contributed by atoms with Crippen molar-refractivity contribution >= 4 is 12.0 Å². The number of rotatable bonds is 5. The van der Waals surface area contributed by atoms with Crippen LogP contribution >= 0.6 is 0 Å². The Morgan fingerprint density at radius 3 is 2.73 bits per heavy atom. The molecule has 2 unspecified atom stereocenters. The van der Waals surface area contributed by atoms with Gasteiger partial charge in [0, 0.05) is 19.0 Å². The lowest BCUT2D eigenvalue weighted by atomic mass is 9.86. The molecule has 3 N–H and O–H groups in total. The fourth-order valence-corrected chi connectivity index (χ4v) is 3.71. The van der Waals surface area contributed by atoms with Gasteiger partial charge in [-0.15, -0.1) is 0 Å². The maximum Gasteiger partial charge on any atom is 0.318 e. The highest BCUT2D eigenvalue weighted by Gasteiger charge is 2.32. The van der Waals surface area contributed by atoms with Gasteiger partial charge in [0.15, 0.2) is 0 Å². The van der Waals surface area contributed by atoms with E-state index in [1.54, 1.807) is 17.0 Å². The standard InChI is InChI=1S/C18H26N2O6/c21-15(16-2-1-8-26-16)10-14-11-25-9-7-20(14)18(24)19-13-5-3-12(4-6-13)17(22)23/h1-2,8,12-15,21H,3-7,9-11H2,(H,19,24)(H,22,23). The van der Waals surface area contributed by atoms with Gasteiger partial charge in [-0.25, -0.2) is 4.79 Å². The molecule has 144 valence electrons. The second-order valence-electron chi connectivity index (χ2n) is 7.03. The number of aliphatic hydroxyl groups excluding tert-OH is 1. The van der Waals surface area contributed by atoms with Crippen LogP contribution in [0.5, 0.6) is 0 Å². The van der Waals surface area contributed by atoms with Crippen molar-refractivity contribution in [1.29, 1.82) is 0 Å². The fourth-order valence-electron chi connectivity index (χ4n) is 3.71. The summed E-state index contributed by atoms with van der Waals surface area (Å²) < 4.78 is 10.7. The van der Waals surface area contributed by atoms with Crippen LogP contribution in [0.25, 0.3) is 0 Å². The molecule has 8 nitrogen and oxygen atoms in total. The van der Waals surface area contributed by atoms with Crippen molar-refractivity contribution < 1.29 is 29.0 Å². The Morgan fingerprint density at radius 2 is 2.08 bits per heavy atom. The Kier molecular flexibility index (Phi) is 6.16. The zero-order valence-corrected chi connectivity index (χ0v) is 14.7. The third-order valence-electron chi connectivity index (χ3n) is 5.26. The van der Waals surface area contributed by atoms with Crippen molar-refractivity contribution in [1.82, 2.24) is 10.2 Å². The molecule has 1 aromatic heterocycles. The third-order valence-corrected chi connectivity index (χ3v) is 5.26. The van der Waals surface area contributed by atoms with Crippen molar-refractivity contribution in [3.05, 3.63) is 24.2 Å². The van der Waals surface area contributed by atoms with Crippen LogP contribution in [0.15, 0.2) is 22.8 Å². The van der Waals surface area contributed by atoms with E-state index in [2.05, 4.69) is 5.32 Å². The SMILES string of the molecule is O=C(O)C1CCC(NC(=O)N2CCOCC2CC(O)c2ccco2)CC1. The van der Waals surface area contributed by atoms with Crippen molar-refractivity contribution in [2.24, 2.45) is 5.92 Å². The molecule has 1 aliphatic heterocycles. The van der Waals surface area contributed by atoms with Crippen LogP contribution in [0.2, 0.25) is 0 Å². The lowest BCUT2D eigenvalue weighted by Gasteiger charge is -2.38. The molecule has 2 heterocycles. The predicted molar refractivity (Wildman–Crippen MR) is 91.5 cm³/mol. The summed E-state index contributed by atoms with van der Waals surface area (Å²) in [5.41, 5.74) is 0. The van der Waals surface area contributed by atoms with Crippen molar-refractivity contribution in [3.8, 4) is 0 Å². The van der Waals surface area contributed by atoms with E-state index < -0.39 is 12.1 Å². The normalized spacial score (nSPS) is 27.7. The first kappa shape index (κ1) is 18.7. The number of hydrogen-bond acceptors (Lipinski definition) is 5. The number of amides is 2. The molecule has 2 fully saturated rings. The van der Waals surface area contributed by atoms with Gasteiger partial charge in [-0.05, 0) is 37.8 Å². The van der Waals surface area contributed by atoms with Crippen molar-refractivity contribution in [3.63, 3.8) is 0 Å². The highest BCUT2D eigenvalue weighted by atomic mass is 16.5. The fraction of sp³-hybridized carbons (Fsp3) is 0.667. The van der Waals surface area contributed by atoms with Crippen molar-refractivity contribution in [2.45, 2.75) is 50.3 Å². The van der Waals surface area contributed by atoms with E-state index >= 15 is 0 Å². The first-order valence-electron chi connectivity index (χ1n) is 9.13. The summed E-state index contributed by atoms with van der Waals surface area (Å²) in [5, 5.41) is 22.4. The van der Waals surface area contributed by atoms with Gasteiger partial charge in [-0.2, -0.15) is 0 Å². The van der Waals surface area contributed by atoms with Gasteiger partial charge in [0.25, 0.3) is 0 Å². The highest BCUT2D eigenvalue weighted by Crippen LogP contribution is 2.26. The zero-order valence-electron chi connectivity index (χ0n) is 14.7. The number of carbonyl (C=O) groups is 2. The number of aliphatic hydroxyl groups is 1. The molecule has 1 saturated heterocycles. The van der Waals surface area contributed by atoms with Gasteiger partial charge in [0.1, 0.15) is 11.9 Å². The Bertz CT molecular complexity index is 597. The Morgan fingerprint density at radius 1 is 1.31 bits per heavy atom. The monoisotopic (exact) mass is 366 g/mol. The number of carbonyl (C=O) groups excluding carboxylic acids is 1. The first-order valence-corrected chi connectivity index (χ1v) is 9.13. The number of carboxylic acids is 1. The quantitative estimate of drug-likeness (QED) is 0.732. The average molecular weight is 366 g/mol. The second kappa shape index (κ2) is 8.55. The first-order chi connectivity index (χ1) is 12.5. The van der Waals surface area contributed by atoms with Crippen LogP contribution in [-0.2, 0) is 9.53 Å². The number of ether oxygens (including phenoxy) is 1. The van der Waals surface area contributed by atoms with E-state index in [-0.39, 0.29) is 24.0 Å².